The fourth-order valence-electron chi connectivity index (χ4n) is 8.09. The standard InChI is InChI=1S/C53H34N2O2/c1-2-10-35(11-3-1)37-22-28-42(29-23-37)55(43-30-24-38(25-31-43)41-21-20-36-12-4-5-13-40(36)34-41)44-32-26-39(27-33-44)45-15-8-17-48-52(45)57-53(54-48)47-16-9-19-50-51(47)46-14-6-7-18-49(46)56-50/h1-34H. The first-order chi connectivity index (χ1) is 28.2. The molecule has 0 unspecified atom stereocenters. The monoisotopic (exact) mass is 730 g/mol. The molecule has 0 fully saturated rings. The third-order valence-corrected chi connectivity index (χ3v) is 10.9. The van der Waals surface area contributed by atoms with Crippen LogP contribution >= 0.6 is 0 Å². The molecule has 0 spiro atoms. The van der Waals surface area contributed by atoms with Crippen molar-refractivity contribution in [2.75, 3.05) is 4.90 Å². The first-order valence-corrected chi connectivity index (χ1v) is 19.2. The van der Waals surface area contributed by atoms with E-state index in [1.165, 1.54) is 33.0 Å². The van der Waals surface area contributed by atoms with Crippen LogP contribution in [0.3, 0.4) is 0 Å². The molecule has 0 aliphatic rings. The molecule has 9 aromatic carbocycles. The lowest BCUT2D eigenvalue weighted by Crippen LogP contribution is -2.09. The van der Waals surface area contributed by atoms with E-state index in [0.29, 0.717) is 5.89 Å². The number of oxazole rings is 1. The van der Waals surface area contributed by atoms with Crippen molar-refractivity contribution in [2.24, 2.45) is 0 Å². The zero-order valence-electron chi connectivity index (χ0n) is 30.8. The van der Waals surface area contributed by atoms with Crippen molar-refractivity contribution >= 4 is 60.9 Å². The molecule has 0 aliphatic carbocycles. The maximum Gasteiger partial charge on any atom is 0.228 e. The van der Waals surface area contributed by atoms with E-state index in [0.717, 1.165) is 66.8 Å². The molecule has 11 rings (SSSR count). The van der Waals surface area contributed by atoms with Gasteiger partial charge in [0, 0.05) is 39.0 Å². The number of rotatable bonds is 7. The number of hydrogen-bond donors (Lipinski definition) is 0. The SMILES string of the molecule is c1ccc(-c2ccc(N(c3ccc(-c4ccc5ccccc5c4)cc3)c3ccc(-c4cccc5nc(-c6cccc7oc8ccccc8c67)oc45)cc3)cc2)cc1. The van der Waals surface area contributed by atoms with Crippen molar-refractivity contribution < 1.29 is 8.83 Å². The van der Waals surface area contributed by atoms with Gasteiger partial charge in [0.05, 0.1) is 0 Å². The van der Waals surface area contributed by atoms with Crippen LogP contribution in [-0.2, 0) is 0 Å². The Labute approximate surface area is 329 Å². The Morgan fingerprint density at radius 3 is 1.68 bits per heavy atom. The summed E-state index contributed by atoms with van der Waals surface area (Å²) in [5.41, 5.74) is 14.1. The van der Waals surface area contributed by atoms with Crippen LogP contribution in [0.2, 0.25) is 0 Å². The van der Waals surface area contributed by atoms with Gasteiger partial charge in [0.25, 0.3) is 0 Å². The summed E-state index contributed by atoms with van der Waals surface area (Å²) in [4.78, 5) is 7.30. The summed E-state index contributed by atoms with van der Waals surface area (Å²) in [7, 11) is 0. The normalized spacial score (nSPS) is 11.5. The number of nitrogens with zero attached hydrogens (tertiary/aromatic N) is 2. The molecule has 0 aliphatic heterocycles. The van der Waals surface area contributed by atoms with Crippen LogP contribution in [0.4, 0.5) is 17.1 Å². The second-order valence-electron chi connectivity index (χ2n) is 14.4. The van der Waals surface area contributed by atoms with Gasteiger partial charge in [-0.25, -0.2) is 4.98 Å². The molecule has 2 aromatic heterocycles. The average molecular weight is 731 g/mol. The van der Waals surface area contributed by atoms with Crippen molar-refractivity contribution in [3.05, 3.63) is 206 Å². The van der Waals surface area contributed by atoms with Crippen molar-refractivity contribution in [2.45, 2.75) is 0 Å². The molecule has 0 radical (unpaired) electrons. The Balaban J connectivity index is 0.969. The van der Waals surface area contributed by atoms with Crippen LogP contribution in [-0.4, -0.2) is 4.98 Å². The Morgan fingerprint density at radius 1 is 0.368 bits per heavy atom. The third-order valence-electron chi connectivity index (χ3n) is 10.9. The molecule has 0 saturated heterocycles. The van der Waals surface area contributed by atoms with Gasteiger partial charge in [-0.3, -0.25) is 0 Å². The number of benzene rings is 9. The lowest BCUT2D eigenvalue weighted by atomic mass is 10.0. The molecule has 11 aromatic rings. The van der Waals surface area contributed by atoms with Gasteiger partial charge < -0.3 is 13.7 Å². The maximum atomic E-state index is 6.64. The highest BCUT2D eigenvalue weighted by Crippen LogP contribution is 2.41. The summed E-state index contributed by atoms with van der Waals surface area (Å²) in [6.45, 7) is 0. The fourth-order valence-corrected chi connectivity index (χ4v) is 8.09. The van der Waals surface area contributed by atoms with Gasteiger partial charge in [0.1, 0.15) is 16.7 Å². The minimum absolute atomic E-state index is 0.573. The fraction of sp³-hybridized carbons (Fsp3) is 0. The van der Waals surface area contributed by atoms with Crippen LogP contribution in [0.1, 0.15) is 0 Å². The molecule has 4 heteroatoms. The van der Waals surface area contributed by atoms with Crippen molar-refractivity contribution in [3.8, 4) is 44.8 Å². The number of hydrogen-bond acceptors (Lipinski definition) is 4. The van der Waals surface area contributed by atoms with E-state index < -0.39 is 0 Å². The number of para-hydroxylation sites is 2. The largest absolute Gasteiger partial charge is 0.456 e. The van der Waals surface area contributed by atoms with E-state index >= 15 is 0 Å². The first-order valence-electron chi connectivity index (χ1n) is 19.2. The zero-order chi connectivity index (χ0) is 37.7. The molecule has 2 heterocycles. The third kappa shape index (κ3) is 5.83. The van der Waals surface area contributed by atoms with Crippen LogP contribution in [0.5, 0.6) is 0 Å². The summed E-state index contributed by atoms with van der Waals surface area (Å²) < 4.78 is 12.8. The van der Waals surface area contributed by atoms with Crippen LogP contribution in [0.25, 0.3) is 88.6 Å². The highest BCUT2D eigenvalue weighted by atomic mass is 16.4. The molecule has 0 bridgehead atoms. The molecule has 0 atom stereocenters. The van der Waals surface area contributed by atoms with E-state index in [2.05, 4.69) is 169 Å². The van der Waals surface area contributed by atoms with E-state index in [4.69, 9.17) is 13.8 Å². The summed E-state index contributed by atoms with van der Waals surface area (Å²) in [6.07, 6.45) is 0. The predicted octanol–water partition coefficient (Wildman–Crippen LogP) is 15.0. The van der Waals surface area contributed by atoms with Crippen molar-refractivity contribution in [1.29, 1.82) is 0 Å². The average Bonchev–Trinajstić information content (AvgIpc) is 3.90. The van der Waals surface area contributed by atoms with Crippen LogP contribution < -0.4 is 4.90 Å². The maximum absolute atomic E-state index is 6.64. The second kappa shape index (κ2) is 13.6. The van der Waals surface area contributed by atoms with Gasteiger partial charge in [0.15, 0.2) is 5.58 Å². The summed E-state index contributed by atoms with van der Waals surface area (Å²) in [5.74, 6) is 0.573. The first kappa shape index (κ1) is 32.7. The molecule has 0 amide bonds. The van der Waals surface area contributed by atoms with Gasteiger partial charge in [0.2, 0.25) is 5.89 Å². The highest BCUT2D eigenvalue weighted by Gasteiger charge is 2.19. The lowest BCUT2D eigenvalue weighted by molar-refractivity contribution is 0.621. The minimum Gasteiger partial charge on any atom is -0.456 e. The van der Waals surface area contributed by atoms with E-state index in [-0.39, 0.29) is 0 Å². The van der Waals surface area contributed by atoms with E-state index in [1.807, 2.05) is 42.5 Å². The molecular weight excluding hydrogens is 697 g/mol. The predicted molar refractivity (Wildman–Crippen MR) is 235 cm³/mol. The van der Waals surface area contributed by atoms with Crippen molar-refractivity contribution in [3.63, 3.8) is 0 Å². The zero-order valence-corrected chi connectivity index (χ0v) is 30.8. The van der Waals surface area contributed by atoms with Gasteiger partial charge in [-0.15, -0.1) is 0 Å². The summed E-state index contributed by atoms with van der Waals surface area (Å²) in [5, 5.41) is 4.53. The number of aromatic nitrogens is 1. The summed E-state index contributed by atoms with van der Waals surface area (Å²) in [6, 6.07) is 72.3. The van der Waals surface area contributed by atoms with Crippen LogP contribution in [0, 0.1) is 0 Å². The Hall–Kier alpha value is -7.69. The minimum atomic E-state index is 0.573. The number of anilines is 3. The second-order valence-corrected chi connectivity index (χ2v) is 14.4. The molecule has 57 heavy (non-hydrogen) atoms. The molecular formula is C53H34N2O2. The van der Waals surface area contributed by atoms with E-state index in [9.17, 15) is 0 Å². The van der Waals surface area contributed by atoms with Gasteiger partial charge in [-0.05, 0) is 105 Å². The lowest BCUT2D eigenvalue weighted by Gasteiger charge is -2.26. The molecule has 4 nitrogen and oxygen atoms in total. The van der Waals surface area contributed by atoms with Crippen molar-refractivity contribution in [1.82, 2.24) is 4.98 Å². The molecule has 0 saturated carbocycles. The van der Waals surface area contributed by atoms with Gasteiger partial charge in [-0.1, -0.05) is 140 Å². The Kier molecular flexibility index (Phi) is 7.78. The molecule has 268 valence electrons. The van der Waals surface area contributed by atoms with Crippen LogP contribution in [0.15, 0.2) is 215 Å². The van der Waals surface area contributed by atoms with Gasteiger partial charge in [-0.2, -0.15) is 0 Å². The topological polar surface area (TPSA) is 42.4 Å². The molecule has 0 N–H and O–H groups in total. The number of furan rings is 1. The van der Waals surface area contributed by atoms with E-state index in [1.54, 1.807) is 0 Å². The Bertz CT molecular complexity index is 3210. The smallest absolute Gasteiger partial charge is 0.228 e. The Morgan fingerprint density at radius 2 is 0.930 bits per heavy atom. The quantitative estimate of drug-likeness (QED) is 0.164. The van der Waals surface area contributed by atoms with Gasteiger partial charge >= 0.3 is 0 Å². The highest BCUT2D eigenvalue weighted by molar-refractivity contribution is 6.12. The number of fused-ring (bicyclic) bond motifs is 5. The summed E-state index contributed by atoms with van der Waals surface area (Å²) >= 11 is 0.